The molecule has 0 aromatic carbocycles. The highest BCUT2D eigenvalue weighted by atomic mass is 32.2. The summed E-state index contributed by atoms with van der Waals surface area (Å²) in [6.07, 6.45) is 2.78. The molecule has 7 nitrogen and oxygen atoms in total. The Labute approximate surface area is 117 Å². The minimum absolute atomic E-state index is 0.0668. The van der Waals surface area contributed by atoms with Gasteiger partial charge in [0.05, 0.1) is 0 Å². The first-order valence-electron chi connectivity index (χ1n) is 5.83. The number of sulfonamides is 1. The summed E-state index contributed by atoms with van der Waals surface area (Å²) in [4.78, 5) is 3.89. The van der Waals surface area contributed by atoms with Gasteiger partial charge in [-0.15, -0.1) is 0 Å². The topological polar surface area (TPSA) is 85.5 Å². The summed E-state index contributed by atoms with van der Waals surface area (Å²) in [7, 11) is -2.39. The van der Waals surface area contributed by atoms with Gasteiger partial charge in [0.1, 0.15) is 17.4 Å². The summed E-state index contributed by atoms with van der Waals surface area (Å²) >= 11 is 0. The molecule has 0 atom stereocenters. The number of pyridine rings is 1. The van der Waals surface area contributed by atoms with Crippen LogP contribution in [0.4, 0.5) is 5.82 Å². The molecule has 8 heteroatoms. The molecule has 0 amide bonds. The van der Waals surface area contributed by atoms with Gasteiger partial charge >= 0.3 is 0 Å². The molecule has 0 saturated carbocycles. The van der Waals surface area contributed by atoms with E-state index in [4.69, 9.17) is 9.26 Å². The van der Waals surface area contributed by atoms with E-state index in [0.29, 0.717) is 11.3 Å². The number of hydrogen-bond donors (Lipinski definition) is 0. The minimum Gasteiger partial charge on any atom is -0.363 e. The molecule has 0 aliphatic heterocycles. The molecule has 0 bridgehead atoms. The molecule has 0 radical (unpaired) electrons. The number of ether oxygens (including phenoxy) is 1. The van der Waals surface area contributed by atoms with Crippen LogP contribution in [0.5, 0.6) is 0 Å². The summed E-state index contributed by atoms with van der Waals surface area (Å²) in [5.74, 6) is 0.774. The van der Waals surface area contributed by atoms with Gasteiger partial charge in [-0.3, -0.25) is 4.98 Å². The molecule has 0 N–H and O–H groups in total. The lowest BCUT2D eigenvalue weighted by atomic mass is 10.3. The standard InChI is InChI=1S/C12H15N3O4S/c1-9-10(2)19-14-12(9)15(8-18-3)20(16,17)11-5-4-6-13-7-11/h4-7H,8H2,1-3H3. The van der Waals surface area contributed by atoms with Crippen LogP contribution >= 0.6 is 0 Å². The fraction of sp³-hybridized carbons (Fsp3) is 0.333. The molecule has 0 spiro atoms. The predicted octanol–water partition coefficient (Wildman–Crippen LogP) is 1.49. The molecular formula is C12H15N3O4S. The average Bonchev–Trinajstić information content (AvgIpc) is 2.77. The van der Waals surface area contributed by atoms with Crippen LogP contribution in [0.2, 0.25) is 0 Å². The van der Waals surface area contributed by atoms with Gasteiger partial charge in [-0.1, -0.05) is 5.16 Å². The van der Waals surface area contributed by atoms with Crippen LogP contribution in [0.3, 0.4) is 0 Å². The highest BCUT2D eigenvalue weighted by Crippen LogP contribution is 2.26. The summed E-state index contributed by atoms with van der Waals surface area (Å²) < 4.78 is 36.3. The maximum atomic E-state index is 12.6. The zero-order valence-electron chi connectivity index (χ0n) is 11.4. The average molecular weight is 297 g/mol. The van der Waals surface area contributed by atoms with E-state index in [1.54, 1.807) is 19.9 Å². The fourth-order valence-electron chi connectivity index (χ4n) is 1.63. The molecule has 0 unspecified atom stereocenters. The number of hydrogen-bond acceptors (Lipinski definition) is 6. The predicted molar refractivity (Wildman–Crippen MR) is 71.8 cm³/mol. The second-order valence-electron chi connectivity index (χ2n) is 4.15. The number of aryl methyl sites for hydroxylation is 1. The quantitative estimate of drug-likeness (QED) is 0.777. The fourth-order valence-corrected chi connectivity index (χ4v) is 2.97. The normalized spacial score (nSPS) is 11.6. The molecule has 0 fully saturated rings. The van der Waals surface area contributed by atoms with Gasteiger partial charge < -0.3 is 9.26 Å². The molecule has 2 aromatic heterocycles. The van der Waals surface area contributed by atoms with Crippen LogP contribution in [0.15, 0.2) is 33.9 Å². The highest BCUT2D eigenvalue weighted by molar-refractivity contribution is 7.92. The Hall–Kier alpha value is -1.93. The van der Waals surface area contributed by atoms with Crippen molar-refractivity contribution >= 4 is 15.8 Å². The maximum absolute atomic E-state index is 12.6. The van der Waals surface area contributed by atoms with E-state index in [0.717, 1.165) is 4.31 Å². The van der Waals surface area contributed by atoms with Crippen LogP contribution in [-0.4, -0.2) is 32.4 Å². The summed E-state index contributed by atoms with van der Waals surface area (Å²) in [5.41, 5.74) is 0.648. The summed E-state index contributed by atoms with van der Waals surface area (Å²) in [6, 6.07) is 3.02. The Kier molecular flexibility index (Phi) is 4.05. The van der Waals surface area contributed by atoms with Crippen molar-refractivity contribution in [1.29, 1.82) is 0 Å². The van der Waals surface area contributed by atoms with E-state index >= 15 is 0 Å². The number of methoxy groups -OCH3 is 1. The van der Waals surface area contributed by atoms with Gasteiger partial charge in [0.2, 0.25) is 0 Å². The third-order valence-electron chi connectivity index (χ3n) is 2.84. The Bertz CT molecular complexity index is 682. The van der Waals surface area contributed by atoms with E-state index in [1.807, 2.05) is 0 Å². The zero-order chi connectivity index (χ0) is 14.8. The molecule has 0 aliphatic rings. The van der Waals surface area contributed by atoms with Crippen molar-refractivity contribution in [3.8, 4) is 0 Å². The van der Waals surface area contributed by atoms with E-state index in [-0.39, 0.29) is 17.4 Å². The van der Waals surface area contributed by atoms with Crippen molar-refractivity contribution in [2.45, 2.75) is 18.7 Å². The van der Waals surface area contributed by atoms with Gasteiger partial charge in [0, 0.05) is 25.1 Å². The zero-order valence-corrected chi connectivity index (χ0v) is 12.2. The van der Waals surface area contributed by atoms with Crippen molar-refractivity contribution in [2.75, 3.05) is 18.1 Å². The maximum Gasteiger partial charge on any atom is 0.269 e. The highest BCUT2D eigenvalue weighted by Gasteiger charge is 2.29. The summed E-state index contributed by atoms with van der Waals surface area (Å²) in [5, 5.41) is 3.80. The molecule has 2 aromatic rings. The molecule has 0 aliphatic carbocycles. The van der Waals surface area contributed by atoms with E-state index in [9.17, 15) is 8.42 Å². The Balaban J connectivity index is 2.51. The van der Waals surface area contributed by atoms with Crippen LogP contribution in [0.1, 0.15) is 11.3 Å². The van der Waals surface area contributed by atoms with Crippen LogP contribution in [0.25, 0.3) is 0 Å². The van der Waals surface area contributed by atoms with Crippen molar-refractivity contribution in [2.24, 2.45) is 0 Å². The Morgan fingerprint density at radius 1 is 1.40 bits per heavy atom. The van der Waals surface area contributed by atoms with Crippen molar-refractivity contribution in [3.63, 3.8) is 0 Å². The number of anilines is 1. The first-order valence-corrected chi connectivity index (χ1v) is 7.27. The number of nitrogens with zero attached hydrogens (tertiary/aromatic N) is 3. The van der Waals surface area contributed by atoms with Crippen molar-refractivity contribution < 1.29 is 17.7 Å². The van der Waals surface area contributed by atoms with E-state index in [2.05, 4.69) is 10.1 Å². The summed E-state index contributed by atoms with van der Waals surface area (Å²) in [6.45, 7) is 3.29. The molecule has 2 rings (SSSR count). The molecule has 20 heavy (non-hydrogen) atoms. The van der Waals surface area contributed by atoms with Gasteiger partial charge in [-0.25, -0.2) is 12.7 Å². The third-order valence-corrected chi connectivity index (χ3v) is 4.53. The van der Waals surface area contributed by atoms with Crippen LogP contribution in [0, 0.1) is 13.8 Å². The Morgan fingerprint density at radius 3 is 2.65 bits per heavy atom. The second-order valence-corrected chi connectivity index (χ2v) is 6.01. The lowest BCUT2D eigenvalue weighted by Crippen LogP contribution is -2.33. The van der Waals surface area contributed by atoms with E-state index in [1.165, 1.54) is 25.6 Å². The van der Waals surface area contributed by atoms with Gasteiger partial charge in [0.25, 0.3) is 10.0 Å². The van der Waals surface area contributed by atoms with E-state index < -0.39 is 10.0 Å². The largest absolute Gasteiger partial charge is 0.363 e. The van der Waals surface area contributed by atoms with Gasteiger partial charge in [-0.05, 0) is 26.0 Å². The van der Waals surface area contributed by atoms with Crippen molar-refractivity contribution in [3.05, 3.63) is 35.9 Å². The van der Waals surface area contributed by atoms with Crippen LogP contribution in [-0.2, 0) is 14.8 Å². The lowest BCUT2D eigenvalue weighted by molar-refractivity contribution is 0.208. The second kappa shape index (κ2) is 5.59. The lowest BCUT2D eigenvalue weighted by Gasteiger charge is -2.21. The SMILES string of the molecule is COCN(c1noc(C)c1C)S(=O)(=O)c1cccnc1. The first-order chi connectivity index (χ1) is 9.48. The molecule has 2 heterocycles. The van der Waals surface area contributed by atoms with Crippen molar-refractivity contribution in [1.82, 2.24) is 10.1 Å². The third kappa shape index (κ3) is 2.52. The minimum atomic E-state index is -3.80. The number of aromatic nitrogens is 2. The number of rotatable bonds is 5. The Morgan fingerprint density at radius 2 is 2.15 bits per heavy atom. The smallest absolute Gasteiger partial charge is 0.269 e. The van der Waals surface area contributed by atoms with Gasteiger partial charge in [0.15, 0.2) is 5.82 Å². The molecule has 108 valence electrons. The van der Waals surface area contributed by atoms with Crippen LogP contribution < -0.4 is 4.31 Å². The monoisotopic (exact) mass is 297 g/mol. The first kappa shape index (κ1) is 14.5. The molecular weight excluding hydrogens is 282 g/mol. The molecule has 0 saturated heterocycles. The van der Waals surface area contributed by atoms with Gasteiger partial charge in [-0.2, -0.15) is 0 Å².